The van der Waals surface area contributed by atoms with Crippen molar-refractivity contribution in [3.63, 3.8) is 0 Å². The summed E-state index contributed by atoms with van der Waals surface area (Å²) in [5, 5.41) is 18.4. The first-order valence-electron chi connectivity index (χ1n) is 7.46. The SMILES string of the molecule is C/C=C/CCC1(c2ccccc2C#N)C=CC(C(=O)O)C=C1F. The molecule has 4 heteroatoms. The number of carboxylic acid groups (broad SMARTS) is 1. The molecule has 1 N–H and O–H groups in total. The lowest BCUT2D eigenvalue weighted by Gasteiger charge is -2.33. The zero-order valence-electron chi connectivity index (χ0n) is 12.9. The van der Waals surface area contributed by atoms with E-state index in [1.807, 2.05) is 19.1 Å². The molecule has 1 aliphatic rings. The number of nitriles is 1. The topological polar surface area (TPSA) is 61.1 Å². The lowest BCUT2D eigenvalue weighted by molar-refractivity contribution is -0.138. The number of carboxylic acids is 1. The molecule has 0 aromatic heterocycles. The van der Waals surface area contributed by atoms with Crippen molar-refractivity contribution in [1.29, 1.82) is 5.26 Å². The van der Waals surface area contributed by atoms with E-state index in [1.165, 1.54) is 6.08 Å². The molecule has 0 aliphatic heterocycles. The standard InChI is InChI=1S/C19H18FNO2/c1-2-3-6-10-19(16-8-5-4-7-15(16)13-21)11-9-14(18(22)23)12-17(19)20/h2-5,7-9,11-12,14H,6,10H2,1H3,(H,22,23)/b3-2+. The molecule has 0 radical (unpaired) electrons. The molecule has 2 rings (SSSR count). The van der Waals surface area contributed by atoms with Gasteiger partial charge in [-0.1, -0.05) is 42.5 Å². The number of rotatable bonds is 5. The minimum atomic E-state index is -1.09. The van der Waals surface area contributed by atoms with Crippen LogP contribution in [0.4, 0.5) is 4.39 Å². The second kappa shape index (κ2) is 7.06. The van der Waals surface area contributed by atoms with Gasteiger partial charge in [-0.25, -0.2) is 4.39 Å². The molecule has 2 unspecified atom stereocenters. The number of halogens is 1. The molecule has 23 heavy (non-hydrogen) atoms. The molecular weight excluding hydrogens is 293 g/mol. The highest BCUT2D eigenvalue weighted by atomic mass is 19.1. The summed E-state index contributed by atoms with van der Waals surface area (Å²) < 4.78 is 15.0. The summed E-state index contributed by atoms with van der Waals surface area (Å²) in [6.45, 7) is 1.89. The van der Waals surface area contributed by atoms with Gasteiger partial charge in [-0.15, -0.1) is 0 Å². The van der Waals surface area contributed by atoms with Gasteiger partial charge in [-0.3, -0.25) is 4.79 Å². The summed E-state index contributed by atoms with van der Waals surface area (Å²) in [7, 11) is 0. The third kappa shape index (κ3) is 3.24. The molecule has 0 saturated heterocycles. The maximum Gasteiger partial charge on any atom is 0.314 e. The van der Waals surface area contributed by atoms with Crippen LogP contribution in [0.25, 0.3) is 0 Å². The molecule has 1 aromatic carbocycles. The van der Waals surface area contributed by atoms with Crippen molar-refractivity contribution >= 4 is 5.97 Å². The Bertz CT molecular complexity index is 727. The van der Waals surface area contributed by atoms with Crippen LogP contribution in [0.3, 0.4) is 0 Å². The van der Waals surface area contributed by atoms with Gasteiger partial charge >= 0.3 is 5.97 Å². The third-order valence-electron chi connectivity index (χ3n) is 4.09. The molecule has 0 bridgehead atoms. The van der Waals surface area contributed by atoms with Crippen LogP contribution < -0.4 is 0 Å². The van der Waals surface area contributed by atoms with Gasteiger partial charge in [0.15, 0.2) is 0 Å². The number of aliphatic carboxylic acids is 1. The number of benzene rings is 1. The average molecular weight is 311 g/mol. The maximum atomic E-state index is 15.0. The van der Waals surface area contributed by atoms with Crippen molar-refractivity contribution in [2.24, 2.45) is 5.92 Å². The third-order valence-corrected chi connectivity index (χ3v) is 4.09. The predicted molar refractivity (Wildman–Crippen MR) is 86.3 cm³/mol. The van der Waals surface area contributed by atoms with Gasteiger partial charge < -0.3 is 5.11 Å². The lowest BCUT2D eigenvalue weighted by Crippen LogP contribution is -2.30. The van der Waals surface area contributed by atoms with Crippen LogP contribution in [-0.2, 0) is 10.2 Å². The van der Waals surface area contributed by atoms with Crippen molar-refractivity contribution in [3.8, 4) is 6.07 Å². The number of nitrogens with zero attached hydrogens (tertiary/aromatic N) is 1. The molecule has 118 valence electrons. The van der Waals surface area contributed by atoms with Crippen LogP contribution in [0, 0.1) is 17.2 Å². The zero-order valence-corrected chi connectivity index (χ0v) is 12.9. The van der Waals surface area contributed by atoms with Gasteiger partial charge in [0.25, 0.3) is 0 Å². The molecule has 3 nitrogen and oxygen atoms in total. The highest BCUT2D eigenvalue weighted by molar-refractivity contribution is 5.75. The fraction of sp³-hybridized carbons (Fsp3) is 0.263. The van der Waals surface area contributed by atoms with E-state index in [2.05, 4.69) is 6.07 Å². The molecule has 0 spiro atoms. The van der Waals surface area contributed by atoms with Crippen LogP contribution in [0.5, 0.6) is 0 Å². The molecule has 2 atom stereocenters. The Hall–Kier alpha value is -2.67. The summed E-state index contributed by atoms with van der Waals surface area (Å²) in [4.78, 5) is 11.1. The van der Waals surface area contributed by atoms with Gasteiger partial charge in [0.2, 0.25) is 0 Å². The van der Waals surface area contributed by atoms with Crippen molar-refractivity contribution in [2.75, 3.05) is 0 Å². The van der Waals surface area contributed by atoms with Crippen LogP contribution in [0.2, 0.25) is 0 Å². The van der Waals surface area contributed by atoms with Crippen molar-refractivity contribution in [2.45, 2.75) is 25.2 Å². The van der Waals surface area contributed by atoms with E-state index in [9.17, 15) is 14.4 Å². The van der Waals surface area contributed by atoms with Crippen LogP contribution in [0.15, 0.2) is 60.5 Å². The van der Waals surface area contributed by atoms with Crippen molar-refractivity contribution < 1.29 is 14.3 Å². The molecule has 0 heterocycles. The Labute approximate surface area is 135 Å². The van der Waals surface area contributed by atoms with E-state index in [0.29, 0.717) is 24.0 Å². The summed E-state index contributed by atoms with van der Waals surface area (Å²) >= 11 is 0. The normalized spacial score (nSPS) is 23.5. The Balaban J connectivity index is 2.55. The molecule has 1 aliphatic carbocycles. The zero-order chi connectivity index (χ0) is 16.9. The van der Waals surface area contributed by atoms with Gasteiger partial charge in [0.1, 0.15) is 5.83 Å². The second-order valence-corrected chi connectivity index (χ2v) is 5.47. The summed E-state index contributed by atoms with van der Waals surface area (Å²) in [5.41, 5.74) is -0.117. The average Bonchev–Trinajstić information content (AvgIpc) is 2.56. The largest absolute Gasteiger partial charge is 0.481 e. The summed E-state index contributed by atoms with van der Waals surface area (Å²) in [5.74, 6) is -2.58. The summed E-state index contributed by atoms with van der Waals surface area (Å²) in [6, 6.07) is 8.97. The molecule has 0 fully saturated rings. The second-order valence-electron chi connectivity index (χ2n) is 5.47. The van der Waals surface area contributed by atoms with E-state index in [4.69, 9.17) is 5.11 Å². The first-order valence-corrected chi connectivity index (χ1v) is 7.46. The monoisotopic (exact) mass is 311 g/mol. The predicted octanol–water partition coefficient (Wildman–Crippen LogP) is 4.28. The van der Waals surface area contributed by atoms with Gasteiger partial charge in [-0.2, -0.15) is 5.26 Å². The van der Waals surface area contributed by atoms with E-state index in [1.54, 1.807) is 30.3 Å². The van der Waals surface area contributed by atoms with Gasteiger partial charge in [0.05, 0.1) is 23.0 Å². The number of allylic oxidation sites excluding steroid dienone is 4. The number of hydrogen-bond acceptors (Lipinski definition) is 2. The van der Waals surface area contributed by atoms with E-state index >= 15 is 0 Å². The molecule has 1 aromatic rings. The minimum absolute atomic E-state index is 0.398. The van der Waals surface area contributed by atoms with Gasteiger partial charge in [-0.05, 0) is 37.5 Å². The molecule has 0 saturated carbocycles. The highest BCUT2D eigenvalue weighted by Gasteiger charge is 2.39. The maximum absolute atomic E-state index is 15.0. The fourth-order valence-corrected chi connectivity index (χ4v) is 2.87. The molecule has 0 amide bonds. The quantitative estimate of drug-likeness (QED) is 0.826. The minimum Gasteiger partial charge on any atom is -0.481 e. The Kier molecular flexibility index (Phi) is 5.13. The van der Waals surface area contributed by atoms with Gasteiger partial charge in [0, 0.05) is 0 Å². The number of hydrogen-bond donors (Lipinski definition) is 1. The van der Waals surface area contributed by atoms with Crippen LogP contribution in [0.1, 0.15) is 30.9 Å². The summed E-state index contributed by atoms with van der Waals surface area (Å²) in [6.07, 6.45) is 9.10. The van der Waals surface area contributed by atoms with E-state index in [-0.39, 0.29) is 0 Å². The van der Waals surface area contributed by atoms with Crippen molar-refractivity contribution in [3.05, 3.63) is 71.6 Å². The van der Waals surface area contributed by atoms with E-state index < -0.39 is 23.1 Å². The lowest BCUT2D eigenvalue weighted by atomic mass is 9.70. The Morgan fingerprint density at radius 1 is 1.48 bits per heavy atom. The van der Waals surface area contributed by atoms with Crippen LogP contribution in [-0.4, -0.2) is 11.1 Å². The Morgan fingerprint density at radius 2 is 2.22 bits per heavy atom. The first kappa shape index (κ1) is 16.7. The molecular formula is C19H18FNO2. The Morgan fingerprint density at radius 3 is 2.83 bits per heavy atom. The highest BCUT2D eigenvalue weighted by Crippen LogP contribution is 2.44. The fourth-order valence-electron chi connectivity index (χ4n) is 2.87. The smallest absolute Gasteiger partial charge is 0.314 e. The number of carbonyl (C=O) groups is 1. The van der Waals surface area contributed by atoms with E-state index in [0.717, 1.165) is 6.08 Å². The first-order chi connectivity index (χ1) is 11.0. The van der Waals surface area contributed by atoms with Crippen molar-refractivity contribution in [1.82, 2.24) is 0 Å². The van der Waals surface area contributed by atoms with Crippen LogP contribution >= 0.6 is 0 Å².